The Hall–Kier alpha value is -3.42. The first-order valence-electron chi connectivity index (χ1n) is 10.9. The predicted molar refractivity (Wildman–Crippen MR) is 127 cm³/mol. The lowest BCUT2D eigenvalue weighted by Crippen LogP contribution is -2.48. The van der Waals surface area contributed by atoms with Gasteiger partial charge in [0.25, 0.3) is 0 Å². The molecular weight excluding hydrogens is 440 g/mol. The number of amides is 2. The fourth-order valence-corrected chi connectivity index (χ4v) is 2.74. The number of ether oxygens (including phenoxy) is 1. The van der Waals surface area contributed by atoms with E-state index in [-0.39, 0.29) is 37.5 Å². The summed E-state index contributed by atoms with van der Waals surface area (Å²) < 4.78 is 19.0. The van der Waals surface area contributed by atoms with Crippen LogP contribution in [0.5, 0.6) is 5.75 Å². The van der Waals surface area contributed by atoms with E-state index in [9.17, 15) is 24.0 Å². The van der Waals surface area contributed by atoms with Crippen molar-refractivity contribution in [1.29, 1.82) is 5.26 Å². The van der Waals surface area contributed by atoms with Crippen molar-refractivity contribution in [3.63, 3.8) is 0 Å². The summed E-state index contributed by atoms with van der Waals surface area (Å²) in [7, 11) is 1.57. The summed E-state index contributed by atoms with van der Waals surface area (Å²) >= 11 is 0. The summed E-state index contributed by atoms with van der Waals surface area (Å²) in [5.74, 6) is -1.74. The van der Waals surface area contributed by atoms with E-state index in [1.165, 1.54) is 11.0 Å². The van der Waals surface area contributed by atoms with Crippen LogP contribution in [0.4, 0.5) is 4.39 Å². The van der Waals surface area contributed by atoms with Crippen molar-refractivity contribution in [2.45, 2.75) is 38.5 Å². The maximum absolute atomic E-state index is 13.7. The number of aryl methyl sites for hydroxylation is 1. The molecule has 34 heavy (non-hydrogen) atoms. The van der Waals surface area contributed by atoms with Crippen molar-refractivity contribution in [1.82, 2.24) is 10.2 Å². The van der Waals surface area contributed by atoms with Crippen molar-refractivity contribution < 1.29 is 28.8 Å². The van der Waals surface area contributed by atoms with Gasteiger partial charge in [0.1, 0.15) is 6.42 Å². The predicted octanol–water partition coefficient (Wildman–Crippen LogP) is 1.88. The molecule has 0 aliphatic rings. The third-order valence-corrected chi connectivity index (χ3v) is 4.72. The molecule has 0 heterocycles. The second kappa shape index (κ2) is 15.4. The summed E-state index contributed by atoms with van der Waals surface area (Å²) in [5.41, 5.74) is 1.82. The summed E-state index contributed by atoms with van der Waals surface area (Å²) in [4.78, 5) is 23.9. The van der Waals surface area contributed by atoms with Crippen LogP contribution in [-0.4, -0.2) is 60.5 Å². The average molecular weight is 471 g/mol. The second-order valence-electron chi connectivity index (χ2n) is 7.62. The maximum atomic E-state index is 13.7. The number of nitriles is 1. The average Bonchev–Trinajstić information content (AvgIpc) is 2.81. The molecule has 0 saturated heterocycles. The zero-order valence-corrected chi connectivity index (χ0v) is 19.7. The highest BCUT2D eigenvalue weighted by Crippen LogP contribution is 2.19. The van der Waals surface area contributed by atoms with Gasteiger partial charge in [-0.15, -0.1) is 0 Å². The van der Waals surface area contributed by atoms with Crippen LogP contribution in [-0.2, 0) is 22.4 Å². The molecule has 0 radical (unpaired) electrons. The van der Waals surface area contributed by atoms with Gasteiger partial charge in [0.15, 0.2) is 11.6 Å². The lowest BCUT2D eigenvalue weighted by molar-refractivity contribution is -0.127. The quantitative estimate of drug-likeness (QED) is 0.455. The van der Waals surface area contributed by atoms with E-state index in [0.29, 0.717) is 0 Å². The lowest BCUT2D eigenvalue weighted by atomic mass is 9.76. The van der Waals surface area contributed by atoms with Gasteiger partial charge in [-0.25, -0.2) is 4.39 Å². The van der Waals surface area contributed by atoms with Crippen LogP contribution in [0.2, 0.25) is 0 Å². The van der Waals surface area contributed by atoms with E-state index in [1.54, 1.807) is 32.3 Å². The van der Waals surface area contributed by atoms with Crippen LogP contribution in [0.15, 0.2) is 48.5 Å². The largest absolute Gasteiger partial charge is 0.490 e. The Morgan fingerprint density at radius 3 is 2.38 bits per heavy atom. The first-order valence-corrected chi connectivity index (χ1v) is 10.9. The SMILES string of the molecule is CCc1ccc(F)c(OCCC(=O)NC(Cc2ccccc2)B(O)O)c1.CN(C)C(=O)CC#N. The molecule has 0 aliphatic carbocycles. The van der Waals surface area contributed by atoms with Crippen molar-refractivity contribution >= 4 is 18.9 Å². The lowest BCUT2D eigenvalue weighted by Gasteiger charge is -2.18. The van der Waals surface area contributed by atoms with Crippen molar-refractivity contribution in [3.05, 3.63) is 65.5 Å². The zero-order chi connectivity index (χ0) is 25.5. The summed E-state index contributed by atoms with van der Waals surface area (Å²) in [5, 5.41) is 29.5. The minimum Gasteiger partial charge on any atom is -0.490 e. The Labute approximate surface area is 200 Å². The zero-order valence-electron chi connectivity index (χ0n) is 19.7. The van der Waals surface area contributed by atoms with Crippen molar-refractivity contribution in [2.75, 3.05) is 20.7 Å². The number of carbonyl (C=O) groups excluding carboxylic acids is 2. The number of halogens is 1. The fourth-order valence-electron chi connectivity index (χ4n) is 2.74. The number of hydrogen-bond donors (Lipinski definition) is 3. The molecule has 182 valence electrons. The van der Waals surface area contributed by atoms with Gasteiger partial charge in [0.2, 0.25) is 11.8 Å². The Kier molecular flexibility index (Phi) is 13.0. The van der Waals surface area contributed by atoms with E-state index in [4.69, 9.17) is 10.00 Å². The number of rotatable bonds is 10. The first-order chi connectivity index (χ1) is 16.2. The third-order valence-electron chi connectivity index (χ3n) is 4.72. The Balaban J connectivity index is 0.000000620. The molecule has 2 amide bonds. The fraction of sp³-hybridized carbons (Fsp3) is 0.375. The number of hydrogen-bond acceptors (Lipinski definition) is 6. The second-order valence-corrected chi connectivity index (χ2v) is 7.62. The molecule has 0 aromatic heterocycles. The minimum absolute atomic E-state index is 0.00446. The number of nitrogens with one attached hydrogen (secondary N) is 1. The van der Waals surface area contributed by atoms with Crippen LogP contribution in [0.1, 0.15) is 30.9 Å². The van der Waals surface area contributed by atoms with Gasteiger partial charge < -0.3 is 25.0 Å². The molecular formula is C24H31BFN3O5. The molecule has 2 rings (SSSR count). The first kappa shape index (κ1) is 28.6. The molecule has 0 bridgehead atoms. The Bertz CT molecular complexity index is 951. The summed E-state index contributed by atoms with van der Waals surface area (Å²) in [6, 6.07) is 15.6. The van der Waals surface area contributed by atoms with Crippen LogP contribution >= 0.6 is 0 Å². The molecule has 3 N–H and O–H groups in total. The summed E-state index contributed by atoms with van der Waals surface area (Å²) in [6.45, 7) is 1.95. The molecule has 1 atom stereocenters. The smallest absolute Gasteiger partial charge is 0.475 e. The topological polar surface area (TPSA) is 123 Å². The van der Waals surface area contributed by atoms with Crippen LogP contribution in [0.25, 0.3) is 0 Å². The van der Waals surface area contributed by atoms with E-state index < -0.39 is 24.8 Å². The Morgan fingerprint density at radius 1 is 1.18 bits per heavy atom. The highest BCUT2D eigenvalue weighted by molar-refractivity contribution is 6.43. The highest BCUT2D eigenvalue weighted by Gasteiger charge is 2.25. The van der Waals surface area contributed by atoms with Gasteiger partial charge in [-0.05, 0) is 36.1 Å². The molecule has 0 saturated carbocycles. The maximum Gasteiger partial charge on any atom is 0.475 e. The van der Waals surface area contributed by atoms with Gasteiger partial charge in [-0.3, -0.25) is 9.59 Å². The van der Waals surface area contributed by atoms with Gasteiger partial charge in [0, 0.05) is 14.1 Å². The van der Waals surface area contributed by atoms with E-state index >= 15 is 0 Å². The highest BCUT2D eigenvalue weighted by atomic mass is 19.1. The van der Waals surface area contributed by atoms with E-state index in [2.05, 4.69) is 5.32 Å². The minimum atomic E-state index is -1.68. The normalized spacial score (nSPS) is 10.7. The summed E-state index contributed by atoms with van der Waals surface area (Å²) in [6.07, 6.45) is 1.01. The molecule has 1 unspecified atom stereocenters. The monoisotopic (exact) mass is 471 g/mol. The van der Waals surface area contributed by atoms with Crippen LogP contribution < -0.4 is 10.1 Å². The number of carbonyl (C=O) groups is 2. The van der Waals surface area contributed by atoms with Gasteiger partial charge in [-0.2, -0.15) is 5.26 Å². The van der Waals surface area contributed by atoms with E-state index in [0.717, 1.165) is 17.5 Å². The molecule has 0 spiro atoms. The van der Waals surface area contributed by atoms with Gasteiger partial charge >= 0.3 is 7.12 Å². The van der Waals surface area contributed by atoms with Crippen LogP contribution in [0, 0.1) is 17.1 Å². The molecule has 2 aromatic rings. The van der Waals surface area contributed by atoms with Crippen molar-refractivity contribution in [3.8, 4) is 11.8 Å². The number of benzene rings is 2. The molecule has 0 aliphatic heterocycles. The molecule has 0 fully saturated rings. The van der Waals surface area contributed by atoms with E-state index in [1.807, 2.05) is 37.3 Å². The molecule has 8 nitrogen and oxygen atoms in total. The number of nitrogens with zero attached hydrogens (tertiary/aromatic N) is 2. The Morgan fingerprint density at radius 2 is 1.85 bits per heavy atom. The standard InChI is InChI=1S/C19H23BFNO4.C5H8N2O/c1-2-14-8-9-16(21)17(12-14)26-11-10-19(23)22-18(20(24)25)13-15-6-4-3-5-7-15;1-7(2)5(8)3-4-6/h3-9,12,18,24-25H,2,10-11,13H2,1H3,(H,22,23);3H2,1-2H3. The molecule has 2 aromatic carbocycles. The van der Waals surface area contributed by atoms with Gasteiger partial charge in [-0.1, -0.05) is 43.3 Å². The van der Waals surface area contributed by atoms with Crippen LogP contribution in [0.3, 0.4) is 0 Å². The third kappa shape index (κ3) is 10.9. The molecule has 10 heteroatoms. The van der Waals surface area contributed by atoms with Crippen molar-refractivity contribution in [2.24, 2.45) is 0 Å². The van der Waals surface area contributed by atoms with Gasteiger partial charge in [0.05, 0.1) is 25.0 Å².